The highest BCUT2D eigenvalue weighted by Crippen LogP contribution is 2.08. The zero-order valence-corrected chi connectivity index (χ0v) is 9.42. The number of carbonyl (C=O) groups excluding carboxylic acids is 1. The summed E-state index contributed by atoms with van der Waals surface area (Å²) >= 11 is 2.10. The smallest absolute Gasteiger partial charge is 0.318 e. The fourth-order valence-electron chi connectivity index (χ4n) is 0.506. The molecule has 0 heterocycles. The molecule has 0 radical (unpaired) electrons. The molecule has 11 heavy (non-hydrogen) atoms. The van der Waals surface area contributed by atoms with Crippen molar-refractivity contribution in [3.8, 4) is 0 Å². The minimum Gasteiger partial charge on any atom is -0.465 e. The summed E-state index contributed by atoms with van der Waals surface area (Å²) < 4.78 is 5.03. The molecular weight excluding hydrogens is 255 g/mol. The Morgan fingerprint density at radius 3 is 2.45 bits per heavy atom. The third-order valence-electron chi connectivity index (χ3n) is 1.17. The van der Waals surface area contributed by atoms with Crippen molar-refractivity contribution in [3.63, 3.8) is 0 Å². The summed E-state index contributed by atoms with van der Waals surface area (Å²) in [5.41, 5.74) is 0. The summed E-state index contributed by atoms with van der Waals surface area (Å²) in [7, 11) is 0. The molecule has 0 saturated carbocycles. The zero-order valence-electron chi connectivity index (χ0n) is 7.26. The van der Waals surface area contributed by atoms with E-state index in [1.807, 2.05) is 20.8 Å². The van der Waals surface area contributed by atoms with E-state index in [4.69, 9.17) is 4.74 Å². The van der Waals surface area contributed by atoms with Gasteiger partial charge in [0.25, 0.3) is 0 Å². The number of rotatable bonds is 4. The van der Waals surface area contributed by atoms with E-state index >= 15 is 0 Å². The molecule has 0 saturated heterocycles. The SMILES string of the molecule is CCC(I)C(=O)OCC(C)C. The predicted molar refractivity (Wildman–Crippen MR) is 53.9 cm³/mol. The first-order chi connectivity index (χ1) is 5.07. The van der Waals surface area contributed by atoms with Gasteiger partial charge < -0.3 is 4.74 Å². The molecule has 0 aromatic carbocycles. The van der Waals surface area contributed by atoms with Crippen LogP contribution in [0.15, 0.2) is 0 Å². The molecule has 66 valence electrons. The van der Waals surface area contributed by atoms with Gasteiger partial charge in [-0.05, 0) is 12.3 Å². The molecule has 0 aromatic heterocycles. The van der Waals surface area contributed by atoms with Gasteiger partial charge in [0.1, 0.15) is 3.92 Å². The number of esters is 1. The van der Waals surface area contributed by atoms with E-state index in [1.165, 1.54) is 0 Å². The summed E-state index contributed by atoms with van der Waals surface area (Å²) in [6.07, 6.45) is 0.845. The van der Waals surface area contributed by atoms with Crippen LogP contribution in [0.2, 0.25) is 0 Å². The molecule has 1 unspecified atom stereocenters. The van der Waals surface area contributed by atoms with E-state index < -0.39 is 0 Å². The minimum absolute atomic E-state index is 0.0198. The second-order valence-corrected chi connectivity index (χ2v) is 4.40. The fraction of sp³-hybridized carbons (Fsp3) is 0.875. The van der Waals surface area contributed by atoms with Gasteiger partial charge in [0.15, 0.2) is 0 Å². The lowest BCUT2D eigenvalue weighted by atomic mass is 10.2. The van der Waals surface area contributed by atoms with Crippen LogP contribution in [0.3, 0.4) is 0 Å². The Morgan fingerprint density at radius 2 is 2.09 bits per heavy atom. The van der Waals surface area contributed by atoms with Crippen LogP contribution < -0.4 is 0 Å². The fourth-order valence-corrected chi connectivity index (χ4v) is 0.686. The van der Waals surface area contributed by atoms with Crippen LogP contribution in [0.1, 0.15) is 27.2 Å². The number of hydrogen-bond acceptors (Lipinski definition) is 2. The van der Waals surface area contributed by atoms with Crippen molar-refractivity contribution in [2.24, 2.45) is 5.92 Å². The van der Waals surface area contributed by atoms with Crippen LogP contribution in [0.25, 0.3) is 0 Å². The van der Waals surface area contributed by atoms with E-state index in [0.717, 1.165) is 6.42 Å². The van der Waals surface area contributed by atoms with E-state index in [1.54, 1.807) is 0 Å². The topological polar surface area (TPSA) is 26.3 Å². The first-order valence-corrected chi connectivity index (χ1v) is 5.13. The Morgan fingerprint density at radius 1 is 1.55 bits per heavy atom. The molecule has 0 bridgehead atoms. The summed E-state index contributed by atoms with van der Waals surface area (Å²) in [4.78, 5) is 11.0. The predicted octanol–water partition coefficient (Wildman–Crippen LogP) is 2.40. The van der Waals surface area contributed by atoms with Crippen LogP contribution in [0, 0.1) is 5.92 Å². The number of ether oxygens (including phenoxy) is 1. The molecule has 0 aliphatic heterocycles. The van der Waals surface area contributed by atoms with Gasteiger partial charge in [-0.1, -0.05) is 43.4 Å². The molecule has 0 fully saturated rings. The quantitative estimate of drug-likeness (QED) is 0.445. The van der Waals surface area contributed by atoms with Crippen molar-refractivity contribution < 1.29 is 9.53 Å². The van der Waals surface area contributed by atoms with E-state index in [9.17, 15) is 4.79 Å². The maximum Gasteiger partial charge on any atom is 0.318 e. The van der Waals surface area contributed by atoms with Crippen molar-refractivity contribution in [3.05, 3.63) is 0 Å². The van der Waals surface area contributed by atoms with Gasteiger partial charge in [-0.3, -0.25) is 4.79 Å². The van der Waals surface area contributed by atoms with Crippen LogP contribution in [-0.2, 0) is 9.53 Å². The van der Waals surface area contributed by atoms with Crippen molar-refractivity contribution in [2.75, 3.05) is 6.61 Å². The minimum atomic E-state index is -0.0817. The lowest BCUT2D eigenvalue weighted by Crippen LogP contribution is -2.18. The first-order valence-electron chi connectivity index (χ1n) is 3.88. The average molecular weight is 270 g/mol. The molecule has 0 amide bonds. The largest absolute Gasteiger partial charge is 0.465 e. The molecule has 2 nitrogen and oxygen atoms in total. The van der Waals surface area contributed by atoms with Crippen molar-refractivity contribution in [1.82, 2.24) is 0 Å². The Bertz CT molecular complexity index is 123. The maximum atomic E-state index is 11.0. The zero-order chi connectivity index (χ0) is 8.85. The Kier molecular flexibility index (Phi) is 5.91. The number of hydrogen-bond donors (Lipinski definition) is 0. The Labute approximate surface area is 81.8 Å². The molecule has 0 N–H and O–H groups in total. The summed E-state index contributed by atoms with van der Waals surface area (Å²) in [5, 5.41) is 0. The lowest BCUT2D eigenvalue weighted by molar-refractivity contribution is -0.143. The lowest BCUT2D eigenvalue weighted by Gasteiger charge is -2.09. The van der Waals surface area contributed by atoms with Crippen LogP contribution in [0.5, 0.6) is 0 Å². The molecule has 0 aliphatic rings. The van der Waals surface area contributed by atoms with Gasteiger partial charge in [-0.15, -0.1) is 0 Å². The average Bonchev–Trinajstić information content (AvgIpc) is 1.98. The van der Waals surface area contributed by atoms with Gasteiger partial charge in [0.2, 0.25) is 0 Å². The second kappa shape index (κ2) is 5.80. The number of halogens is 1. The third-order valence-corrected chi connectivity index (χ3v) is 2.56. The summed E-state index contributed by atoms with van der Waals surface area (Å²) in [6, 6.07) is 0. The van der Waals surface area contributed by atoms with E-state index in [2.05, 4.69) is 22.6 Å². The van der Waals surface area contributed by atoms with Crippen molar-refractivity contribution in [1.29, 1.82) is 0 Å². The normalized spacial score (nSPS) is 13.2. The number of carbonyl (C=O) groups is 1. The van der Waals surface area contributed by atoms with Gasteiger partial charge >= 0.3 is 5.97 Å². The van der Waals surface area contributed by atoms with Crippen LogP contribution in [-0.4, -0.2) is 16.5 Å². The first kappa shape index (κ1) is 11.2. The van der Waals surface area contributed by atoms with Crippen molar-refractivity contribution in [2.45, 2.75) is 31.1 Å². The van der Waals surface area contributed by atoms with Gasteiger partial charge in [0.05, 0.1) is 6.61 Å². The van der Waals surface area contributed by atoms with Gasteiger partial charge in [-0.25, -0.2) is 0 Å². The molecule has 3 heteroatoms. The molecular formula is C8H15IO2. The van der Waals surface area contributed by atoms with Crippen LogP contribution >= 0.6 is 22.6 Å². The highest BCUT2D eigenvalue weighted by Gasteiger charge is 2.13. The third kappa shape index (κ3) is 5.47. The highest BCUT2D eigenvalue weighted by atomic mass is 127. The maximum absolute atomic E-state index is 11.0. The molecule has 0 aromatic rings. The summed E-state index contributed by atoms with van der Waals surface area (Å²) in [6.45, 7) is 6.58. The van der Waals surface area contributed by atoms with Gasteiger partial charge in [-0.2, -0.15) is 0 Å². The monoisotopic (exact) mass is 270 g/mol. The Hall–Kier alpha value is 0.200. The van der Waals surface area contributed by atoms with Gasteiger partial charge in [0, 0.05) is 0 Å². The molecule has 0 aliphatic carbocycles. The van der Waals surface area contributed by atoms with E-state index in [0.29, 0.717) is 12.5 Å². The molecule has 1 atom stereocenters. The molecule has 0 rings (SSSR count). The highest BCUT2D eigenvalue weighted by molar-refractivity contribution is 14.1. The molecule has 0 spiro atoms. The van der Waals surface area contributed by atoms with Crippen LogP contribution in [0.4, 0.5) is 0 Å². The summed E-state index contributed by atoms with van der Waals surface area (Å²) in [5.74, 6) is 0.348. The standard InChI is InChI=1S/C8H15IO2/c1-4-7(9)8(10)11-5-6(2)3/h6-7H,4-5H2,1-3H3. The van der Waals surface area contributed by atoms with Crippen molar-refractivity contribution >= 4 is 28.6 Å². The number of alkyl halides is 1. The second-order valence-electron chi connectivity index (χ2n) is 2.90. The van der Waals surface area contributed by atoms with E-state index in [-0.39, 0.29) is 9.89 Å². The Balaban J connectivity index is 3.52.